The van der Waals surface area contributed by atoms with Gasteiger partial charge in [-0.25, -0.2) is 4.57 Å². The lowest BCUT2D eigenvalue weighted by atomic mass is 10.4. The Balaban J connectivity index is 1.97. The van der Waals surface area contributed by atoms with Gasteiger partial charge >= 0.3 is 0 Å². The molecule has 2 heterocycles. The first-order valence-electron chi connectivity index (χ1n) is 5.02. The van der Waals surface area contributed by atoms with Crippen LogP contribution in [0.1, 0.15) is 0 Å². The Labute approximate surface area is 89.8 Å². The van der Waals surface area contributed by atoms with Gasteiger partial charge in [0.15, 0.2) is 37.5 Å². The predicted molar refractivity (Wildman–Crippen MR) is 58.6 cm³/mol. The van der Waals surface area contributed by atoms with Crippen molar-refractivity contribution in [2.24, 2.45) is 0 Å². The number of aromatic nitrogens is 2. The predicted octanol–water partition coefficient (Wildman–Crippen LogP) is 1.43. The summed E-state index contributed by atoms with van der Waals surface area (Å²) in [6.07, 6.45) is 12.3. The topological polar surface area (TPSA) is 7.76 Å². The van der Waals surface area contributed by atoms with E-state index in [0.717, 1.165) is 6.54 Å². The van der Waals surface area contributed by atoms with Gasteiger partial charge in [0, 0.05) is 30.3 Å². The molecule has 2 heteroatoms. The molecule has 0 amide bonds. The largest absolute Gasteiger partial charge is 0.201 e. The van der Waals surface area contributed by atoms with Gasteiger partial charge in [-0.15, -0.1) is 0 Å². The fourth-order valence-electron chi connectivity index (χ4n) is 1.36. The van der Waals surface area contributed by atoms with Gasteiger partial charge in [-0.05, 0) is 0 Å². The van der Waals surface area contributed by atoms with Crippen molar-refractivity contribution in [1.82, 2.24) is 0 Å². The lowest BCUT2D eigenvalue weighted by Gasteiger charge is -1.88. The van der Waals surface area contributed by atoms with Crippen molar-refractivity contribution in [3.63, 3.8) is 0 Å². The standard InChI is InChI=1S/C13H14N2/c1-3-8-14(9-4-1)12-7-13-15-10-5-2-6-11-15/h1-12H,13H2/q+2/b12-7+. The van der Waals surface area contributed by atoms with Crippen LogP contribution in [-0.2, 0) is 6.54 Å². The first kappa shape index (κ1) is 9.59. The molecule has 0 aliphatic carbocycles. The van der Waals surface area contributed by atoms with Gasteiger partial charge in [0.1, 0.15) is 0 Å². The van der Waals surface area contributed by atoms with Crippen molar-refractivity contribution in [3.05, 3.63) is 67.3 Å². The zero-order chi connectivity index (χ0) is 10.3. The molecule has 0 saturated heterocycles. The third-order valence-corrected chi connectivity index (χ3v) is 2.11. The number of allylic oxidation sites excluding steroid dienone is 1. The summed E-state index contributed by atoms with van der Waals surface area (Å²) in [5.41, 5.74) is 0. The molecule has 0 aliphatic heterocycles. The molecule has 0 atom stereocenters. The molecule has 2 nitrogen and oxygen atoms in total. The van der Waals surface area contributed by atoms with E-state index in [-0.39, 0.29) is 0 Å². The number of nitrogens with zero attached hydrogens (tertiary/aromatic N) is 2. The molecule has 0 unspecified atom stereocenters. The zero-order valence-electron chi connectivity index (χ0n) is 8.53. The maximum absolute atomic E-state index is 2.12. The molecule has 0 aliphatic rings. The summed E-state index contributed by atoms with van der Waals surface area (Å²) < 4.78 is 4.16. The lowest BCUT2D eigenvalue weighted by Crippen LogP contribution is -2.32. The van der Waals surface area contributed by atoms with Crippen LogP contribution in [0.4, 0.5) is 0 Å². The average Bonchev–Trinajstić information content (AvgIpc) is 2.32. The molecule has 2 aromatic rings. The Morgan fingerprint density at radius 2 is 1.33 bits per heavy atom. The van der Waals surface area contributed by atoms with Crippen molar-refractivity contribution < 1.29 is 9.13 Å². The second-order valence-electron chi connectivity index (χ2n) is 3.28. The molecule has 0 bridgehead atoms. The summed E-state index contributed by atoms with van der Waals surface area (Å²) in [6.45, 7) is 0.892. The summed E-state index contributed by atoms with van der Waals surface area (Å²) in [5.74, 6) is 0. The summed E-state index contributed by atoms with van der Waals surface area (Å²) in [6, 6.07) is 12.1. The summed E-state index contributed by atoms with van der Waals surface area (Å²) >= 11 is 0. The Morgan fingerprint density at radius 3 is 2.00 bits per heavy atom. The van der Waals surface area contributed by atoms with Gasteiger partial charge in [-0.1, -0.05) is 12.1 Å². The smallest absolute Gasteiger partial charge is 0.176 e. The molecule has 0 spiro atoms. The first-order chi connectivity index (χ1) is 7.45. The van der Waals surface area contributed by atoms with Crippen LogP contribution < -0.4 is 9.13 Å². The molecule has 0 aromatic carbocycles. The second-order valence-corrected chi connectivity index (χ2v) is 3.28. The van der Waals surface area contributed by atoms with Crippen LogP contribution in [0.3, 0.4) is 0 Å². The molecule has 0 N–H and O–H groups in total. The third-order valence-electron chi connectivity index (χ3n) is 2.11. The Bertz CT molecular complexity index is 421. The van der Waals surface area contributed by atoms with Crippen molar-refractivity contribution in [3.8, 4) is 0 Å². The fraction of sp³-hybridized carbons (Fsp3) is 0.0769. The molecular formula is C13H14N2+2. The molecule has 74 valence electrons. The molecule has 15 heavy (non-hydrogen) atoms. The summed E-state index contributed by atoms with van der Waals surface area (Å²) in [4.78, 5) is 0. The van der Waals surface area contributed by atoms with Gasteiger partial charge in [-0.3, -0.25) is 0 Å². The van der Waals surface area contributed by atoms with Crippen LogP contribution in [-0.4, -0.2) is 0 Å². The van der Waals surface area contributed by atoms with E-state index in [1.807, 2.05) is 53.4 Å². The van der Waals surface area contributed by atoms with Crippen LogP contribution >= 0.6 is 0 Å². The number of hydrogen-bond acceptors (Lipinski definition) is 0. The number of pyridine rings is 2. The van der Waals surface area contributed by atoms with E-state index in [2.05, 4.69) is 29.2 Å². The Hall–Kier alpha value is -1.96. The van der Waals surface area contributed by atoms with E-state index in [1.54, 1.807) is 0 Å². The first-order valence-corrected chi connectivity index (χ1v) is 5.02. The maximum Gasteiger partial charge on any atom is 0.176 e. The van der Waals surface area contributed by atoms with E-state index in [1.165, 1.54) is 0 Å². The highest BCUT2D eigenvalue weighted by atomic mass is 14.9. The molecule has 0 fully saturated rings. The third kappa shape index (κ3) is 3.02. The van der Waals surface area contributed by atoms with Crippen molar-refractivity contribution in [1.29, 1.82) is 0 Å². The average molecular weight is 198 g/mol. The minimum Gasteiger partial charge on any atom is -0.201 e. The van der Waals surface area contributed by atoms with Crippen molar-refractivity contribution in [2.45, 2.75) is 6.54 Å². The highest BCUT2D eigenvalue weighted by Crippen LogP contribution is 1.80. The van der Waals surface area contributed by atoms with E-state index in [9.17, 15) is 0 Å². The van der Waals surface area contributed by atoms with Crippen LogP contribution in [0.25, 0.3) is 6.20 Å². The SMILES string of the molecule is C(=C\[n+]1ccccc1)/C[n+]1ccccc1. The summed E-state index contributed by atoms with van der Waals surface area (Å²) in [7, 11) is 0. The van der Waals surface area contributed by atoms with Gasteiger partial charge in [0.05, 0.1) is 0 Å². The lowest BCUT2D eigenvalue weighted by molar-refractivity contribution is -0.687. The van der Waals surface area contributed by atoms with Crippen LogP contribution in [0, 0.1) is 0 Å². The highest BCUT2D eigenvalue weighted by molar-refractivity contribution is 5.04. The minimum absolute atomic E-state index is 0.892. The van der Waals surface area contributed by atoms with Gasteiger partial charge in [0.2, 0.25) is 0 Å². The second kappa shape index (κ2) is 5.05. The summed E-state index contributed by atoms with van der Waals surface area (Å²) in [5, 5.41) is 0. The van der Waals surface area contributed by atoms with Crippen LogP contribution in [0.2, 0.25) is 0 Å². The normalized spacial score (nSPS) is 10.7. The van der Waals surface area contributed by atoms with E-state index >= 15 is 0 Å². The van der Waals surface area contributed by atoms with Crippen molar-refractivity contribution >= 4 is 6.20 Å². The van der Waals surface area contributed by atoms with E-state index in [0.29, 0.717) is 0 Å². The van der Waals surface area contributed by atoms with Gasteiger partial charge in [0.25, 0.3) is 0 Å². The van der Waals surface area contributed by atoms with Gasteiger partial charge < -0.3 is 0 Å². The molecule has 2 rings (SSSR count). The maximum atomic E-state index is 2.12. The molecule has 0 saturated carbocycles. The number of hydrogen-bond donors (Lipinski definition) is 0. The monoisotopic (exact) mass is 198 g/mol. The van der Waals surface area contributed by atoms with Crippen LogP contribution in [0.15, 0.2) is 67.3 Å². The van der Waals surface area contributed by atoms with E-state index in [4.69, 9.17) is 0 Å². The minimum atomic E-state index is 0.892. The Morgan fingerprint density at radius 1 is 0.733 bits per heavy atom. The molecule has 0 radical (unpaired) electrons. The Kier molecular flexibility index (Phi) is 3.23. The number of rotatable bonds is 3. The van der Waals surface area contributed by atoms with Gasteiger partial charge in [-0.2, -0.15) is 4.57 Å². The quantitative estimate of drug-likeness (QED) is 0.659. The zero-order valence-corrected chi connectivity index (χ0v) is 8.53. The fourth-order valence-corrected chi connectivity index (χ4v) is 1.36. The van der Waals surface area contributed by atoms with Crippen molar-refractivity contribution in [2.75, 3.05) is 0 Å². The molecular weight excluding hydrogens is 184 g/mol. The highest BCUT2D eigenvalue weighted by Gasteiger charge is 1.94. The van der Waals surface area contributed by atoms with Crippen LogP contribution in [0.5, 0.6) is 0 Å². The van der Waals surface area contributed by atoms with E-state index < -0.39 is 0 Å². The molecule has 2 aromatic heterocycles.